The minimum atomic E-state index is -1.32. The number of anilines is 1. The van der Waals surface area contributed by atoms with Crippen LogP contribution in [-0.4, -0.2) is 28.1 Å². The van der Waals surface area contributed by atoms with Gasteiger partial charge in [-0.15, -0.1) is 0 Å². The van der Waals surface area contributed by atoms with Crippen molar-refractivity contribution in [3.05, 3.63) is 59.7 Å². The molecule has 0 fully saturated rings. The molecule has 0 aliphatic carbocycles. The highest BCUT2D eigenvalue weighted by molar-refractivity contribution is 6.75. The summed E-state index contributed by atoms with van der Waals surface area (Å²) in [4.78, 5) is 14.5. The van der Waals surface area contributed by atoms with Crippen LogP contribution in [0.2, 0.25) is 19.6 Å². The molecule has 0 aliphatic heterocycles. The second-order valence-electron chi connectivity index (χ2n) is 6.96. The zero-order valence-electron chi connectivity index (χ0n) is 14.6. The number of benzene rings is 2. The van der Waals surface area contributed by atoms with Crippen LogP contribution in [0.5, 0.6) is 5.75 Å². The summed E-state index contributed by atoms with van der Waals surface area (Å²) in [6, 6.07) is 16.3. The van der Waals surface area contributed by atoms with E-state index in [-0.39, 0.29) is 5.91 Å². The van der Waals surface area contributed by atoms with Gasteiger partial charge in [-0.3, -0.25) is 4.79 Å². The average molecular weight is 328 g/mol. The number of amides is 1. The molecule has 0 N–H and O–H groups in total. The summed E-state index contributed by atoms with van der Waals surface area (Å²) in [5.74, 6) is 0.843. The van der Waals surface area contributed by atoms with Gasteiger partial charge in [0.2, 0.25) is 0 Å². The van der Waals surface area contributed by atoms with Crippen LogP contribution in [0.15, 0.2) is 48.5 Å². The number of rotatable bonds is 5. The smallest absolute Gasteiger partial charge is 0.258 e. The van der Waals surface area contributed by atoms with E-state index in [0.29, 0.717) is 5.56 Å². The van der Waals surface area contributed by atoms with Crippen molar-refractivity contribution >= 4 is 19.7 Å². The van der Waals surface area contributed by atoms with Gasteiger partial charge in [-0.25, -0.2) is 0 Å². The van der Waals surface area contributed by atoms with Crippen LogP contribution >= 0.6 is 0 Å². The van der Waals surface area contributed by atoms with Gasteiger partial charge in [-0.2, -0.15) is 0 Å². The van der Waals surface area contributed by atoms with E-state index in [2.05, 4.69) is 25.7 Å². The predicted molar refractivity (Wildman–Crippen MR) is 99.2 cm³/mol. The lowest BCUT2D eigenvalue weighted by atomic mass is 10.1. The molecule has 23 heavy (non-hydrogen) atoms. The van der Waals surface area contributed by atoms with Gasteiger partial charge in [0.1, 0.15) is 5.75 Å². The summed E-state index contributed by atoms with van der Waals surface area (Å²) in [6.45, 7) is 6.99. The van der Waals surface area contributed by atoms with Crippen LogP contribution in [0.25, 0.3) is 0 Å². The summed E-state index contributed by atoms with van der Waals surface area (Å²) in [7, 11) is 2.19. The molecule has 0 aromatic heterocycles. The molecule has 3 nitrogen and oxygen atoms in total. The lowest BCUT2D eigenvalue weighted by Crippen LogP contribution is -2.30. The Morgan fingerprint density at radius 1 is 1.09 bits per heavy atom. The molecule has 0 saturated carbocycles. The molecular formula is C19H25NO2Si. The van der Waals surface area contributed by atoms with Gasteiger partial charge in [-0.1, -0.05) is 37.8 Å². The van der Waals surface area contributed by atoms with E-state index in [4.69, 9.17) is 4.74 Å². The topological polar surface area (TPSA) is 29.5 Å². The molecule has 0 bridgehead atoms. The molecule has 0 heterocycles. The molecule has 2 aromatic carbocycles. The summed E-state index contributed by atoms with van der Waals surface area (Å²) in [6.07, 6.45) is 0. The molecule has 0 atom stereocenters. The minimum Gasteiger partial charge on any atom is -0.497 e. The van der Waals surface area contributed by atoms with Gasteiger partial charge < -0.3 is 9.64 Å². The van der Waals surface area contributed by atoms with Gasteiger partial charge in [0.15, 0.2) is 0 Å². The lowest BCUT2D eigenvalue weighted by Gasteiger charge is -2.25. The van der Waals surface area contributed by atoms with Crippen molar-refractivity contribution in [3.63, 3.8) is 0 Å². The first-order valence-electron chi connectivity index (χ1n) is 7.82. The monoisotopic (exact) mass is 327 g/mol. The fourth-order valence-electron chi connectivity index (χ4n) is 2.61. The Hall–Kier alpha value is -2.07. The zero-order valence-corrected chi connectivity index (χ0v) is 15.6. The lowest BCUT2D eigenvalue weighted by molar-refractivity contribution is 0.0993. The number of nitrogens with zero attached hydrogens (tertiary/aromatic N) is 1. The Morgan fingerprint density at radius 3 is 2.30 bits per heavy atom. The predicted octanol–water partition coefficient (Wildman–Crippen LogP) is 4.39. The molecule has 0 spiro atoms. The van der Waals surface area contributed by atoms with Crippen molar-refractivity contribution in [3.8, 4) is 5.75 Å². The molecule has 122 valence electrons. The third-order valence-electron chi connectivity index (χ3n) is 3.69. The third kappa shape index (κ3) is 4.45. The minimum absolute atomic E-state index is 0.00703. The van der Waals surface area contributed by atoms with Crippen molar-refractivity contribution < 1.29 is 9.53 Å². The summed E-state index contributed by atoms with van der Waals surface area (Å²) >= 11 is 0. The summed E-state index contributed by atoms with van der Waals surface area (Å²) < 4.78 is 5.36. The van der Waals surface area contributed by atoms with Crippen LogP contribution in [0.4, 0.5) is 5.69 Å². The summed E-state index contributed by atoms with van der Waals surface area (Å²) in [5.41, 5.74) is 2.84. The molecule has 2 aromatic rings. The molecule has 1 amide bonds. The molecule has 0 unspecified atom stereocenters. The SMILES string of the molecule is COc1ccc(N(C)C(=O)c2ccccc2)c(C[Si](C)(C)C)c1. The first kappa shape index (κ1) is 17.3. The fourth-order valence-corrected chi connectivity index (χ4v) is 4.04. The van der Waals surface area contributed by atoms with Gasteiger partial charge in [0.05, 0.1) is 7.11 Å². The average Bonchev–Trinajstić information content (AvgIpc) is 2.52. The number of hydrogen-bond donors (Lipinski definition) is 0. The normalized spacial score (nSPS) is 11.2. The highest BCUT2D eigenvalue weighted by atomic mass is 28.3. The second-order valence-corrected chi connectivity index (χ2v) is 12.4. The van der Waals surface area contributed by atoms with E-state index in [0.717, 1.165) is 17.5 Å². The molecule has 0 radical (unpaired) electrons. The van der Waals surface area contributed by atoms with Crippen molar-refractivity contribution in [1.29, 1.82) is 0 Å². The quantitative estimate of drug-likeness (QED) is 0.762. The Bertz CT molecular complexity index is 678. The van der Waals surface area contributed by atoms with Crippen LogP contribution in [0.1, 0.15) is 15.9 Å². The van der Waals surface area contributed by atoms with E-state index in [1.807, 2.05) is 49.5 Å². The molecule has 2 rings (SSSR count). The van der Waals surface area contributed by atoms with E-state index in [9.17, 15) is 4.79 Å². The van der Waals surface area contributed by atoms with E-state index in [1.165, 1.54) is 5.56 Å². The number of hydrogen-bond acceptors (Lipinski definition) is 2. The highest BCUT2D eigenvalue weighted by Crippen LogP contribution is 2.28. The Kier molecular flexibility index (Phi) is 5.26. The van der Waals surface area contributed by atoms with Crippen molar-refractivity contribution in [2.75, 3.05) is 19.1 Å². The maximum Gasteiger partial charge on any atom is 0.258 e. The van der Waals surface area contributed by atoms with Crippen LogP contribution in [-0.2, 0) is 6.04 Å². The fraction of sp³-hybridized carbons (Fsp3) is 0.316. The number of ether oxygens (including phenoxy) is 1. The van der Waals surface area contributed by atoms with Gasteiger partial charge in [0, 0.05) is 26.4 Å². The van der Waals surface area contributed by atoms with Crippen LogP contribution in [0, 0.1) is 0 Å². The molecule has 4 heteroatoms. The largest absolute Gasteiger partial charge is 0.497 e. The van der Waals surface area contributed by atoms with Crippen molar-refractivity contribution in [2.45, 2.75) is 25.7 Å². The third-order valence-corrected chi connectivity index (χ3v) is 5.14. The van der Waals surface area contributed by atoms with E-state index < -0.39 is 8.07 Å². The maximum absolute atomic E-state index is 12.7. The summed E-state index contributed by atoms with van der Waals surface area (Å²) in [5, 5.41) is 0. The molecular weight excluding hydrogens is 302 g/mol. The van der Waals surface area contributed by atoms with Crippen LogP contribution in [0.3, 0.4) is 0 Å². The second kappa shape index (κ2) is 7.00. The maximum atomic E-state index is 12.7. The van der Waals surface area contributed by atoms with E-state index in [1.54, 1.807) is 12.0 Å². The van der Waals surface area contributed by atoms with Crippen molar-refractivity contribution in [1.82, 2.24) is 0 Å². The molecule has 0 saturated heterocycles. The Balaban J connectivity index is 2.39. The Morgan fingerprint density at radius 2 is 1.74 bits per heavy atom. The first-order valence-corrected chi connectivity index (χ1v) is 11.5. The standard InChI is InChI=1S/C19H25NO2Si/c1-20(19(21)15-9-7-6-8-10-15)18-12-11-17(22-2)13-16(18)14-23(3,4)5/h6-13H,14H2,1-5H3. The number of carbonyl (C=O) groups is 1. The zero-order chi connectivity index (χ0) is 17.0. The van der Waals surface area contributed by atoms with E-state index >= 15 is 0 Å². The van der Waals surface area contributed by atoms with Crippen molar-refractivity contribution in [2.24, 2.45) is 0 Å². The number of methoxy groups -OCH3 is 1. The van der Waals surface area contributed by atoms with Gasteiger partial charge in [-0.05, 0) is 41.9 Å². The molecule has 0 aliphatic rings. The highest BCUT2D eigenvalue weighted by Gasteiger charge is 2.21. The van der Waals surface area contributed by atoms with Crippen LogP contribution < -0.4 is 9.64 Å². The number of carbonyl (C=O) groups excluding carboxylic acids is 1. The Labute approximate surface area is 139 Å². The van der Waals surface area contributed by atoms with Gasteiger partial charge in [0.25, 0.3) is 5.91 Å². The van der Waals surface area contributed by atoms with Gasteiger partial charge >= 0.3 is 0 Å². The first-order chi connectivity index (χ1) is 10.8.